The summed E-state index contributed by atoms with van der Waals surface area (Å²) in [5.41, 5.74) is 0.207. The minimum Gasteiger partial charge on any atom is -0.478 e. The Morgan fingerprint density at radius 3 is 2.71 bits per heavy atom. The number of rotatable bonds is 4. The van der Waals surface area contributed by atoms with E-state index in [-0.39, 0.29) is 18.3 Å². The van der Waals surface area contributed by atoms with E-state index in [0.717, 1.165) is 12.8 Å². The zero-order valence-corrected chi connectivity index (χ0v) is 9.85. The average Bonchev–Trinajstić information content (AvgIpc) is 2.63. The summed E-state index contributed by atoms with van der Waals surface area (Å²) in [5.74, 6) is -0.542. The van der Waals surface area contributed by atoms with E-state index in [4.69, 9.17) is 14.3 Å². The Balaban J connectivity index is 1.88. The van der Waals surface area contributed by atoms with Crippen LogP contribution in [0.1, 0.15) is 54.6 Å². The van der Waals surface area contributed by atoms with E-state index in [1.807, 2.05) is 0 Å². The van der Waals surface area contributed by atoms with Crippen molar-refractivity contribution in [2.75, 3.05) is 0 Å². The van der Waals surface area contributed by atoms with Gasteiger partial charge in [0.05, 0.1) is 12.4 Å². The number of aromatic carboxylic acids is 1. The molecule has 1 aliphatic carbocycles. The fourth-order valence-corrected chi connectivity index (χ4v) is 2.25. The first-order valence-corrected chi connectivity index (χ1v) is 6.18. The molecule has 1 aromatic heterocycles. The highest BCUT2D eigenvalue weighted by Crippen LogP contribution is 2.21. The lowest BCUT2D eigenvalue weighted by molar-refractivity contribution is 0.0209. The predicted octanol–water partition coefficient (Wildman–Crippen LogP) is 3.22. The van der Waals surface area contributed by atoms with Gasteiger partial charge in [-0.25, -0.2) is 4.79 Å². The fraction of sp³-hybridized carbons (Fsp3) is 0.615. The fourth-order valence-electron chi connectivity index (χ4n) is 2.25. The molecule has 0 spiro atoms. The number of carboxylic acids is 1. The molecule has 0 saturated heterocycles. The second kappa shape index (κ2) is 5.87. The van der Waals surface area contributed by atoms with E-state index in [2.05, 4.69) is 0 Å². The molecule has 0 amide bonds. The van der Waals surface area contributed by atoms with Gasteiger partial charge in [0.2, 0.25) is 0 Å². The maximum absolute atomic E-state index is 10.9. The van der Waals surface area contributed by atoms with Gasteiger partial charge in [0, 0.05) is 0 Å². The smallest absolute Gasteiger partial charge is 0.339 e. The Kier molecular flexibility index (Phi) is 4.20. The largest absolute Gasteiger partial charge is 0.478 e. The van der Waals surface area contributed by atoms with Crippen molar-refractivity contribution in [3.63, 3.8) is 0 Å². The van der Waals surface area contributed by atoms with E-state index in [0.29, 0.717) is 5.76 Å². The highest BCUT2D eigenvalue weighted by Gasteiger charge is 2.17. The standard InChI is InChI=1S/C13H18O4/c14-13(15)11-7-8-16-12(11)9-17-10-5-3-1-2-4-6-10/h7-8,10H,1-6,9H2,(H,14,15). The van der Waals surface area contributed by atoms with Gasteiger partial charge in [-0.1, -0.05) is 25.7 Å². The molecule has 4 heteroatoms. The molecule has 17 heavy (non-hydrogen) atoms. The van der Waals surface area contributed by atoms with Crippen LogP contribution < -0.4 is 0 Å². The Morgan fingerprint density at radius 1 is 1.35 bits per heavy atom. The van der Waals surface area contributed by atoms with Crippen molar-refractivity contribution < 1.29 is 19.1 Å². The molecule has 0 aliphatic heterocycles. The molecule has 0 radical (unpaired) electrons. The number of furan rings is 1. The zero-order chi connectivity index (χ0) is 12.1. The molecule has 0 atom stereocenters. The van der Waals surface area contributed by atoms with Crippen LogP contribution in [0, 0.1) is 0 Å². The summed E-state index contributed by atoms with van der Waals surface area (Å²) in [6.07, 6.45) is 8.76. The van der Waals surface area contributed by atoms with Crippen molar-refractivity contribution in [1.29, 1.82) is 0 Å². The Bertz CT molecular complexity index is 361. The van der Waals surface area contributed by atoms with Gasteiger partial charge in [0.1, 0.15) is 17.9 Å². The number of hydrogen-bond donors (Lipinski definition) is 1. The first kappa shape index (κ1) is 12.2. The Labute approximate surface area is 101 Å². The third-order valence-electron chi connectivity index (χ3n) is 3.23. The zero-order valence-electron chi connectivity index (χ0n) is 9.85. The lowest BCUT2D eigenvalue weighted by Crippen LogP contribution is -2.12. The summed E-state index contributed by atoms with van der Waals surface area (Å²) in [7, 11) is 0. The van der Waals surface area contributed by atoms with Gasteiger partial charge in [0.15, 0.2) is 0 Å². The van der Waals surface area contributed by atoms with Gasteiger partial charge in [-0.15, -0.1) is 0 Å². The quantitative estimate of drug-likeness (QED) is 0.818. The summed E-state index contributed by atoms with van der Waals surface area (Å²) in [5, 5.41) is 8.92. The highest BCUT2D eigenvalue weighted by atomic mass is 16.5. The van der Waals surface area contributed by atoms with Gasteiger partial charge in [0.25, 0.3) is 0 Å². The third-order valence-corrected chi connectivity index (χ3v) is 3.23. The Morgan fingerprint density at radius 2 is 2.06 bits per heavy atom. The van der Waals surface area contributed by atoms with Crippen LogP contribution in [-0.4, -0.2) is 17.2 Å². The molecule has 1 heterocycles. The van der Waals surface area contributed by atoms with Crippen molar-refractivity contribution in [3.05, 3.63) is 23.7 Å². The number of carboxylic acid groups (broad SMARTS) is 1. The van der Waals surface area contributed by atoms with Gasteiger partial charge in [-0.2, -0.15) is 0 Å². The van der Waals surface area contributed by atoms with Crippen LogP contribution in [0.15, 0.2) is 16.7 Å². The Hall–Kier alpha value is -1.29. The van der Waals surface area contributed by atoms with Crippen molar-refractivity contribution >= 4 is 5.97 Å². The maximum Gasteiger partial charge on any atom is 0.339 e. The average molecular weight is 238 g/mol. The van der Waals surface area contributed by atoms with Crippen LogP contribution in [0.4, 0.5) is 0 Å². The highest BCUT2D eigenvalue weighted by molar-refractivity contribution is 5.88. The maximum atomic E-state index is 10.9. The van der Waals surface area contributed by atoms with Crippen LogP contribution in [0.2, 0.25) is 0 Å². The molecule has 1 saturated carbocycles. The summed E-state index contributed by atoms with van der Waals surface area (Å²) in [4.78, 5) is 10.9. The molecule has 1 aliphatic rings. The molecule has 0 unspecified atom stereocenters. The minimum atomic E-state index is -0.960. The molecule has 1 aromatic rings. The third kappa shape index (κ3) is 3.33. The van der Waals surface area contributed by atoms with Crippen molar-refractivity contribution in [2.45, 2.75) is 51.2 Å². The molecule has 94 valence electrons. The van der Waals surface area contributed by atoms with Gasteiger partial charge in [-0.3, -0.25) is 0 Å². The summed E-state index contributed by atoms with van der Waals surface area (Å²) < 4.78 is 10.9. The lowest BCUT2D eigenvalue weighted by Gasteiger charge is -2.14. The topological polar surface area (TPSA) is 59.7 Å². The molecule has 2 rings (SSSR count). The minimum absolute atomic E-state index is 0.207. The molecule has 0 aromatic carbocycles. The first-order valence-electron chi connectivity index (χ1n) is 6.18. The van der Waals surface area contributed by atoms with Crippen molar-refractivity contribution in [1.82, 2.24) is 0 Å². The van der Waals surface area contributed by atoms with Gasteiger partial charge in [-0.05, 0) is 18.9 Å². The van der Waals surface area contributed by atoms with Crippen LogP contribution in [0.3, 0.4) is 0 Å². The van der Waals surface area contributed by atoms with Crippen LogP contribution in [0.5, 0.6) is 0 Å². The van der Waals surface area contributed by atoms with E-state index >= 15 is 0 Å². The van der Waals surface area contributed by atoms with Gasteiger partial charge < -0.3 is 14.3 Å². The SMILES string of the molecule is O=C(O)c1ccoc1COC1CCCCCC1. The van der Waals surface area contributed by atoms with Gasteiger partial charge >= 0.3 is 5.97 Å². The molecule has 1 fully saturated rings. The van der Waals surface area contributed by atoms with E-state index < -0.39 is 5.97 Å². The van der Waals surface area contributed by atoms with Crippen molar-refractivity contribution in [3.8, 4) is 0 Å². The summed E-state index contributed by atoms with van der Waals surface area (Å²) >= 11 is 0. The number of ether oxygens (including phenoxy) is 1. The van der Waals surface area contributed by atoms with Crippen molar-refractivity contribution in [2.24, 2.45) is 0 Å². The number of carbonyl (C=O) groups is 1. The number of hydrogen-bond acceptors (Lipinski definition) is 3. The summed E-state index contributed by atoms with van der Waals surface area (Å²) in [6.45, 7) is 0.263. The van der Waals surface area contributed by atoms with E-state index in [9.17, 15) is 4.79 Å². The van der Waals surface area contributed by atoms with Crippen LogP contribution in [-0.2, 0) is 11.3 Å². The second-order valence-electron chi connectivity index (χ2n) is 4.49. The second-order valence-corrected chi connectivity index (χ2v) is 4.49. The van der Waals surface area contributed by atoms with Crippen LogP contribution >= 0.6 is 0 Å². The first-order chi connectivity index (χ1) is 8.27. The monoisotopic (exact) mass is 238 g/mol. The van der Waals surface area contributed by atoms with E-state index in [1.54, 1.807) is 0 Å². The molecule has 1 N–H and O–H groups in total. The molecular weight excluding hydrogens is 220 g/mol. The molecule has 4 nitrogen and oxygen atoms in total. The summed E-state index contributed by atoms with van der Waals surface area (Å²) in [6, 6.07) is 1.47. The van der Waals surface area contributed by atoms with E-state index in [1.165, 1.54) is 38.0 Å². The molecule has 0 bridgehead atoms. The van der Waals surface area contributed by atoms with Crippen LogP contribution in [0.25, 0.3) is 0 Å². The molecular formula is C13H18O4. The normalized spacial score (nSPS) is 17.9. The lowest BCUT2D eigenvalue weighted by atomic mass is 10.1. The predicted molar refractivity (Wildman–Crippen MR) is 61.9 cm³/mol.